The van der Waals surface area contributed by atoms with Crippen LogP contribution >= 0.6 is 0 Å². The molecule has 3 aliphatic heterocycles. The summed E-state index contributed by atoms with van der Waals surface area (Å²) >= 11 is 0. The summed E-state index contributed by atoms with van der Waals surface area (Å²) in [6.07, 6.45) is -0.923. The number of hydrogen-bond donors (Lipinski definition) is 6. The molecule has 0 unspecified atom stereocenters. The van der Waals surface area contributed by atoms with E-state index in [-0.39, 0.29) is 31.5 Å². The smallest absolute Gasteiger partial charge is 0.404 e. The van der Waals surface area contributed by atoms with Crippen LogP contribution in [0.2, 0.25) is 0 Å². The molecule has 0 aromatic heterocycles. The summed E-state index contributed by atoms with van der Waals surface area (Å²) in [4.78, 5) is 20.6. The number of rotatable bonds is 2. The van der Waals surface area contributed by atoms with Crippen LogP contribution in [0.25, 0.3) is 0 Å². The number of nitrogens with zero attached hydrogens (tertiary/aromatic N) is 3. The summed E-state index contributed by atoms with van der Waals surface area (Å²) in [5.41, 5.74) is 15.1. The van der Waals surface area contributed by atoms with Crippen molar-refractivity contribution in [3.63, 3.8) is 0 Å². The molecule has 11 nitrogen and oxygen atoms in total. The maximum atomic E-state index is 10.8. The van der Waals surface area contributed by atoms with Crippen molar-refractivity contribution in [2.75, 3.05) is 13.2 Å². The largest absolute Gasteiger partial charge is 0.447 e. The van der Waals surface area contributed by atoms with Crippen LogP contribution in [-0.2, 0) is 4.74 Å². The van der Waals surface area contributed by atoms with Crippen molar-refractivity contribution in [3.05, 3.63) is 0 Å². The summed E-state index contributed by atoms with van der Waals surface area (Å²) in [6.45, 7) is 0.0862. The fraction of sp³-hybridized carbons (Fsp3) is 0.700. The molecule has 0 aromatic rings. The van der Waals surface area contributed by atoms with Gasteiger partial charge in [-0.1, -0.05) is 0 Å². The SMILES string of the molecule is NC(=O)OC[C@@H]1N=C(N)N2CCC(O)(O)[C@]23NC(N)=N[C@@H]13. The van der Waals surface area contributed by atoms with Gasteiger partial charge in [0.2, 0.25) is 5.79 Å². The normalized spacial score (nSPS) is 36.2. The zero-order chi connectivity index (χ0) is 15.4. The average Bonchev–Trinajstić information content (AvgIpc) is 2.85. The van der Waals surface area contributed by atoms with Crippen LogP contribution in [0.4, 0.5) is 4.79 Å². The van der Waals surface area contributed by atoms with Gasteiger partial charge in [0.1, 0.15) is 18.7 Å². The van der Waals surface area contributed by atoms with Gasteiger partial charge in [0.15, 0.2) is 17.6 Å². The lowest BCUT2D eigenvalue weighted by Gasteiger charge is -2.48. The molecule has 1 fully saturated rings. The quantitative estimate of drug-likeness (QED) is 0.280. The summed E-state index contributed by atoms with van der Waals surface area (Å²) < 4.78 is 4.74. The van der Waals surface area contributed by atoms with Crippen molar-refractivity contribution in [2.45, 2.75) is 30.0 Å². The number of carbonyl (C=O) groups excluding carboxylic acids is 1. The lowest BCUT2D eigenvalue weighted by Crippen LogP contribution is -2.76. The molecule has 1 spiro atoms. The minimum absolute atomic E-state index is 0.0355. The van der Waals surface area contributed by atoms with Crippen LogP contribution < -0.4 is 22.5 Å². The summed E-state index contributed by atoms with van der Waals surface area (Å²) in [5, 5.41) is 23.5. The highest BCUT2D eigenvalue weighted by Gasteiger charge is 2.69. The number of aliphatic imine (C=N–C) groups is 2. The molecular weight excluding hydrogens is 282 g/mol. The Labute approximate surface area is 119 Å². The predicted molar refractivity (Wildman–Crippen MR) is 70.7 cm³/mol. The summed E-state index contributed by atoms with van der Waals surface area (Å²) in [7, 11) is 0. The Morgan fingerprint density at radius 1 is 1.48 bits per heavy atom. The van der Waals surface area contributed by atoms with Gasteiger partial charge in [-0.25, -0.2) is 14.8 Å². The Bertz CT molecular complexity index is 548. The van der Waals surface area contributed by atoms with Crippen molar-refractivity contribution >= 4 is 18.0 Å². The van der Waals surface area contributed by atoms with E-state index >= 15 is 0 Å². The van der Waals surface area contributed by atoms with Crippen molar-refractivity contribution in [1.82, 2.24) is 10.2 Å². The second kappa shape index (κ2) is 4.11. The third-order valence-electron chi connectivity index (χ3n) is 4.08. The van der Waals surface area contributed by atoms with Crippen LogP contribution in [0.3, 0.4) is 0 Å². The Kier molecular flexibility index (Phi) is 2.68. The molecule has 0 radical (unpaired) electrons. The first-order valence-corrected chi connectivity index (χ1v) is 6.37. The van der Waals surface area contributed by atoms with Gasteiger partial charge in [0.05, 0.1) is 0 Å². The number of amides is 1. The van der Waals surface area contributed by atoms with E-state index in [1.54, 1.807) is 0 Å². The number of guanidine groups is 2. The highest BCUT2D eigenvalue weighted by atomic mass is 16.5. The van der Waals surface area contributed by atoms with Gasteiger partial charge in [0.25, 0.3) is 0 Å². The highest BCUT2D eigenvalue weighted by molar-refractivity contribution is 5.87. The van der Waals surface area contributed by atoms with Gasteiger partial charge in [-0.2, -0.15) is 0 Å². The first-order valence-electron chi connectivity index (χ1n) is 6.37. The molecule has 116 valence electrons. The molecule has 1 amide bonds. The molecule has 9 N–H and O–H groups in total. The van der Waals surface area contributed by atoms with Gasteiger partial charge in [-0.3, -0.25) is 0 Å². The Morgan fingerprint density at radius 2 is 2.19 bits per heavy atom. The van der Waals surface area contributed by atoms with E-state index in [9.17, 15) is 15.0 Å². The van der Waals surface area contributed by atoms with Gasteiger partial charge < -0.3 is 42.4 Å². The lowest BCUT2D eigenvalue weighted by molar-refractivity contribution is -0.221. The number of carbonyl (C=O) groups is 1. The Balaban J connectivity index is 2.01. The molecule has 0 bridgehead atoms. The molecule has 1 saturated heterocycles. The molecule has 0 aliphatic carbocycles. The standard InChI is InChI=1S/C10H17N7O4/c11-6-15-5-4(3-21-8(13)18)14-7(12)17-2-1-9(19,20)10(5,17)16-6/h4-5,19-20H,1-3H2,(H2,12,14)(H2,13,18)(H3,11,15,16)/t4-,5-,10+/m0/s1. The minimum Gasteiger partial charge on any atom is -0.447 e. The Morgan fingerprint density at radius 3 is 2.86 bits per heavy atom. The molecule has 0 aromatic carbocycles. The number of nitrogens with two attached hydrogens (primary N) is 3. The summed E-state index contributed by atoms with van der Waals surface area (Å²) in [5.74, 6) is -1.99. The van der Waals surface area contributed by atoms with E-state index in [2.05, 4.69) is 15.3 Å². The van der Waals surface area contributed by atoms with Gasteiger partial charge in [-0.05, 0) is 0 Å². The number of ether oxygens (including phenoxy) is 1. The third kappa shape index (κ3) is 1.70. The molecule has 3 atom stereocenters. The van der Waals surface area contributed by atoms with Gasteiger partial charge in [-0.15, -0.1) is 0 Å². The van der Waals surface area contributed by atoms with E-state index in [1.165, 1.54) is 4.90 Å². The first kappa shape index (κ1) is 13.7. The zero-order valence-corrected chi connectivity index (χ0v) is 11.1. The molecule has 21 heavy (non-hydrogen) atoms. The third-order valence-corrected chi connectivity index (χ3v) is 4.08. The van der Waals surface area contributed by atoms with Crippen molar-refractivity contribution < 1.29 is 19.7 Å². The molecule has 3 aliphatic rings. The van der Waals surface area contributed by atoms with E-state index in [0.29, 0.717) is 0 Å². The first-order chi connectivity index (χ1) is 9.78. The predicted octanol–water partition coefficient (Wildman–Crippen LogP) is -3.85. The maximum absolute atomic E-state index is 10.8. The number of primary amides is 1. The van der Waals surface area contributed by atoms with E-state index in [0.717, 1.165) is 0 Å². The molecule has 3 heterocycles. The minimum atomic E-state index is -2.12. The second-order valence-electron chi connectivity index (χ2n) is 5.25. The summed E-state index contributed by atoms with van der Waals surface area (Å²) in [6, 6.07) is -1.50. The topological polar surface area (TPSA) is 185 Å². The van der Waals surface area contributed by atoms with Crippen molar-refractivity contribution in [1.29, 1.82) is 0 Å². The van der Waals surface area contributed by atoms with Crippen LogP contribution in [0.1, 0.15) is 6.42 Å². The van der Waals surface area contributed by atoms with E-state index in [4.69, 9.17) is 21.9 Å². The van der Waals surface area contributed by atoms with Crippen molar-refractivity contribution in [2.24, 2.45) is 27.2 Å². The number of aliphatic hydroxyl groups is 2. The number of hydrogen-bond acceptors (Lipinski definition) is 10. The van der Waals surface area contributed by atoms with Crippen molar-refractivity contribution in [3.8, 4) is 0 Å². The van der Waals surface area contributed by atoms with Crippen LogP contribution in [-0.4, -0.2) is 69.8 Å². The second-order valence-corrected chi connectivity index (χ2v) is 5.25. The van der Waals surface area contributed by atoms with Crippen LogP contribution in [0.5, 0.6) is 0 Å². The lowest BCUT2D eigenvalue weighted by atomic mass is 9.87. The monoisotopic (exact) mass is 299 g/mol. The molecule has 0 saturated carbocycles. The average molecular weight is 299 g/mol. The van der Waals surface area contributed by atoms with Gasteiger partial charge >= 0.3 is 6.09 Å². The fourth-order valence-electron chi connectivity index (χ4n) is 3.23. The number of nitrogens with one attached hydrogen (secondary N) is 1. The zero-order valence-electron chi connectivity index (χ0n) is 11.1. The van der Waals surface area contributed by atoms with Gasteiger partial charge in [0, 0.05) is 13.0 Å². The fourth-order valence-corrected chi connectivity index (χ4v) is 3.23. The Hall–Kier alpha value is -2.27. The molecule has 11 heteroatoms. The maximum Gasteiger partial charge on any atom is 0.404 e. The van der Waals surface area contributed by atoms with Crippen LogP contribution in [0, 0.1) is 0 Å². The van der Waals surface area contributed by atoms with E-state index < -0.39 is 29.6 Å². The van der Waals surface area contributed by atoms with E-state index in [1.807, 2.05) is 0 Å². The highest BCUT2D eigenvalue weighted by Crippen LogP contribution is 2.44. The van der Waals surface area contributed by atoms with Crippen LogP contribution in [0.15, 0.2) is 9.98 Å². The molecule has 3 rings (SSSR count). The molecular formula is C10H17N7O4.